The minimum Gasteiger partial charge on any atom is -0.292 e. The number of hydrogen-bond acceptors (Lipinski definition) is 2. The van der Waals surface area contributed by atoms with Gasteiger partial charge >= 0.3 is 0 Å². The molecule has 1 aromatic heterocycles. The van der Waals surface area contributed by atoms with Crippen molar-refractivity contribution in [2.45, 2.75) is 6.92 Å². The highest BCUT2D eigenvalue weighted by Crippen LogP contribution is 2.04. The van der Waals surface area contributed by atoms with Crippen LogP contribution in [0.1, 0.15) is 11.8 Å². The maximum absolute atomic E-state index is 4.10. The summed E-state index contributed by atoms with van der Waals surface area (Å²) in [6.07, 6.45) is 1.91. The lowest BCUT2D eigenvalue weighted by atomic mass is 10.5. The highest BCUT2D eigenvalue weighted by molar-refractivity contribution is 7.11. The van der Waals surface area contributed by atoms with E-state index in [1.807, 2.05) is 19.2 Å². The van der Waals surface area contributed by atoms with Crippen LogP contribution >= 0.6 is 11.3 Å². The second kappa shape index (κ2) is 3.41. The molecule has 0 aromatic carbocycles. The Morgan fingerprint density at radius 1 is 1.78 bits per heavy atom. The van der Waals surface area contributed by atoms with Gasteiger partial charge in [-0.1, -0.05) is 6.07 Å². The van der Waals surface area contributed by atoms with E-state index in [1.165, 1.54) is 4.88 Å². The van der Waals surface area contributed by atoms with Crippen LogP contribution in [0.5, 0.6) is 0 Å². The van der Waals surface area contributed by atoms with E-state index in [2.05, 4.69) is 16.4 Å². The molecule has 2 heteroatoms. The summed E-state index contributed by atoms with van der Waals surface area (Å²) >= 11 is 1.71. The van der Waals surface area contributed by atoms with Crippen LogP contribution < -0.4 is 0 Å². The first-order valence-electron chi connectivity index (χ1n) is 2.97. The van der Waals surface area contributed by atoms with Gasteiger partial charge in [-0.2, -0.15) is 0 Å². The Labute approximate surface area is 59.1 Å². The molecule has 1 aromatic rings. The molecule has 48 valence electrons. The lowest BCUT2D eigenvalue weighted by molar-refractivity contribution is 1.14. The van der Waals surface area contributed by atoms with E-state index in [9.17, 15) is 0 Å². The molecular weight excluding hydrogens is 130 g/mol. The highest BCUT2D eigenvalue weighted by Gasteiger charge is 1.82. The number of thiophene rings is 1. The van der Waals surface area contributed by atoms with Crippen molar-refractivity contribution in [3.8, 4) is 0 Å². The van der Waals surface area contributed by atoms with Crippen LogP contribution in [0.25, 0.3) is 0 Å². The number of aliphatic imine (C=N–C) groups is 1. The first kappa shape index (κ1) is 6.49. The zero-order chi connectivity index (χ0) is 6.53. The normalized spacial score (nSPS) is 10.8. The van der Waals surface area contributed by atoms with E-state index in [0.717, 1.165) is 6.54 Å². The SMILES string of the molecule is CCN=Cc1cccs1. The quantitative estimate of drug-likeness (QED) is 0.557. The van der Waals surface area contributed by atoms with E-state index in [1.54, 1.807) is 11.3 Å². The van der Waals surface area contributed by atoms with E-state index in [0.29, 0.717) is 0 Å². The van der Waals surface area contributed by atoms with Gasteiger partial charge in [0.05, 0.1) is 0 Å². The number of nitrogens with zero attached hydrogens (tertiary/aromatic N) is 1. The van der Waals surface area contributed by atoms with Crippen LogP contribution in [-0.2, 0) is 0 Å². The summed E-state index contributed by atoms with van der Waals surface area (Å²) in [5.74, 6) is 0. The third kappa shape index (κ3) is 1.98. The largest absolute Gasteiger partial charge is 0.292 e. The third-order valence-electron chi connectivity index (χ3n) is 0.944. The van der Waals surface area contributed by atoms with Gasteiger partial charge in [0.25, 0.3) is 0 Å². The maximum atomic E-state index is 4.10. The van der Waals surface area contributed by atoms with Gasteiger partial charge in [-0.25, -0.2) is 0 Å². The summed E-state index contributed by atoms with van der Waals surface area (Å²) in [7, 11) is 0. The van der Waals surface area contributed by atoms with Gasteiger partial charge in [-0.05, 0) is 18.4 Å². The van der Waals surface area contributed by atoms with Gasteiger partial charge in [-0.15, -0.1) is 11.3 Å². The summed E-state index contributed by atoms with van der Waals surface area (Å²) in [6.45, 7) is 2.90. The Kier molecular flexibility index (Phi) is 2.46. The monoisotopic (exact) mass is 139 g/mol. The smallest absolute Gasteiger partial charge is 0.0448 e. The first-order valence-corrected chi connectivity index (χ1v) is 3.85. The Hall–Kier alpha value is -0.630. The predicted molar refractivity (Wildman–Crippen MR) is 42.5 cm³/mol. The molecule has 1 nitrogen and oxygen atoms in total. The molecule has 0 unspecified atom stereocenters. The van der Waals surface area contributed by atoms with Gasteiger partial charge < -0.3 is 0 Å². The molecule has 0 spiro atoms. The molecule has 0 bridgehead atoms. The van der Waals surface area contributed by atoms with Crippen LogP contribution in [0.3, 0.4) is 0 Å². The van der Waals surface area contributed by atoms with Crippen LogP contribution in [0.15, 0.2) is 22.5 Å². The van der Waals surface area contributed by atoms with Gasteiger partial charge in [0.2, 0.25) is 0 Å². The molecule has 0 aliphatic heterocycles. The third-order valence-corrected chi connectivity index (χ3v) is 1.75. The fraction of sp³-hybridized carbons (Fsp3) is 0.286. The predicted octanol–water partition coefficient (Wildman–Crippen LogP) is 2.19. The standard InChI is InChI=1S/C7H9NS/c1-2-8-6-7-4-3-5-9-7/h3-6H,2H2,1H3. The molecule has 0 radical (unpaired) electrons. The second-order valence-electron chi connectivity index (χ2n) is 1.64. The molecule has 1 heterocycles. The molecule has 0 saturated heterocycles. The van der Waals surface area contributed by atoms with E-state index in [4.69, 9.17) is 0 Å². The van der Waals surface area contributed by atoms with Crippen LogP contribution in [0.4, 0.5) is 0 Å². The molecule has 9 heavy (non-hydrogen) atoms. The van der Waals surface area contributed by atoms with Crippen LogP contribution in [0, 0.1) is 0 Å². The van der Waals surface area contributed by atoms with Gasteiger partial charge in [-0.3, -0.25) is 4.99 Å². The van der Waals surface area contributed by atoms with Crippen LogP contribution in [-0.4, -0.2) is 12.8 Å². The van der Waals surface area contributed by atoms with Crippen molar-refractivity contribution in [1.82, 2.24) is 0 Å². The highest BCUT2D eigenvalue weighted by atomic mass is 32.1. The summed E-state index contributed by atoms with van der Waals surface area (Å²) in [4.78, 5) is 5.33. The Morgan fingerprint density at radius 2 is 2.67 bits per heavy atom. The summed E-state index contributed by atoms with van der Waals surface area (Å²) in [6, 6.07) is 4.09. The van der Waals surface area contributed by atoms with Crippen molar-refractivity contribution >= 4 is 17.6 Å². The van der Waals surface area contributed by atoms with Gasteiger partial charge in [0.1, 0.15) is 0 Å². The number of hydrogen-bond donors (Lipinski definition) is 0. The van der Waals surface area contributed by atoms with Crippen molar-refractivity contribution in [1.29, 1.82) is 0 Å². The second-order valence-corrected chi connectivity index (χ2v) is 2.62. The Balaban J connectivity index is 2.57. The minimum atomic E-state index is 0.873. The van der Waals surface area contributed by atoms with E-state index < -0.39 is 0 Å². The topological polar surface area (TPSA) is 12.4 Å². The molecule has 0 aliphatic rings. The van der Waals surface area contributed by atoms with E-state index >= 15 is 0 Å². The van der Waals surface area contributed by atoms with Crippen molar-refractivity contribution in [2.75, 3.05) is 6.54 Å². The van der Waals surface area contributed by atoms with Crippen molar-refractivity contribution < 1.29 is 0 Å². The van der Waals surface area contributed by atoms with Gasteiger partial charge in [0.15, 0.2) is 0 Å². The molecule has 0 fully saturated rings. The fourth-order valence-corrected chi connectivity index (χ4v) is 1.15. The lowest BCUT2D eigenvalue weighted by Crippen LogP contribution is -1.72. The average Bonchev–Trinajstić information content (AvgIpc) is 2.34. The minimum absolute atomic E-state index is 0.873. The molecule has 0 atom stereocenters. The lowest BCUT2D eigenvalue weighted by Gasteiger charge is -1.79. The molecule has 1 rings (SSSR count). The molecule has 0 amide bonds. The molecule has 0 saturated carbocycles. The zero-order valence-corrected chi connectivity index (χ0v) is 6.19. The van der Waals surface area contributed by atoms with Crippen LogP contribution in [0.2, 0.25) is 0 Å². The summed E-state index contributed by atoms with van der Waals surface area (Å²) < 4.78 is 0. The Morgan fingerprint density at radius 3 is 3.22 bits per heavy atom. The van der Waals surface area contributed by atoms with Gasteiger partial charge in [0, 0.05) is 17.6 Å². The molecule has 0 aliphatic carbocycles. The fourth-order valence-electron chi connectivity index (χ4n) is 0.546. The first-order chi connectivity index (χ1) is 4.43. The average molecular weight is 139 g/mol. The maximum Gasteiger partial charge on any atom is 0.0448 e. The van der Waals surface area contributed by atoms with E-state index in [-0.39, 0.29) is 0 Å². The molecular formula is C7H9NS. The van der Waals surface area contributed by atoms with Crippen molar-refractivity contribution in [3.05, 3.63) is 22.4 Å². The zero-order valence-electron chi connectivity index (χ0n) is 5.37. The Bertz CT molecular complexity index is 177. The molecule has 0 N–H and O–H groups in total. The van der Waals surface area contributed by atoms with Crippen molar-refractivity contribution in [2.24, 2.45) is 4.99 Å². The summed E-state index contributed by atoms with van der Waals surface area (Å²) in [5.41, 5.74) is 0. The summed E-state index contributed by atoms with van der Waals surface area (Å²) in [5, 5.41) is 2.05. The number of rotatable bonds is 2. The van der Waals surface area contributed by atoms with Crippen molar-refractivity contribution in [3.63, 3.8) is 0 Å².